The number of amides is 1. The SMILES string of the molecule is C=CCN1CCN(C)C(=O)C12CCN(c1ncc(C)cn1)C2. The molecule has 22 heavy (non-hydrogen) atoms. The average molecular weight is 301 g/mol. The molecular weight excluding hydrogens is 278 g/mol. The fraction of sp³-hybridized carbons (Fsp3) is 0.562. The molecule has 1 atom stereocenters. The van der Waals surface area contributed by atoms with Crippen LogP contribution in [0.25, 0.3) is 0 Å². The van der Waals surface area contributed by atoms with E-state index in [4.69, 9.17) is 0 Å². The summed E-state index contributed by atoms with van der Waals surface area (Å²) in [5, 5.41) is 0. The van der Waals surface area contributed by atoms with E-state index in [1.165, 1.54) is 0 Å². The van der Waals surface area contributed by atoms with Gasteiger partial charge in [0.1, 0.15) is 5.54 Å². The zero-order chi connectivity index (χ0) is 15.7. The van der Waals surface area contributed by atoms with Crippen molar-refractivity contribution >= 4 is 11.9 Å². The molecule has 0 N–H and O–H groups in total. The van der Waals surface area contributed by atoms with Gasteiger partial charge >= 0.3 is 0 Å². The maximum absolute atomic E-state index is 12.8. The van der Waals surface area contributed by atoms with Gasteiger partial charge in [-0.2, -0.15) is 0 Å². The van der Waals surface area contributed by atoms with Crippen LogP contribution in [0.4, 0.5) is 5.95 Å². The maximum atomic E-state index is 12.8. The van der Waals surface area contributed by atoms with Crippen molar-refractivity contribution in [3.8, 4) is 0 Å². The number of carbonyl (C=O) groups excluding carboxylic acids is 1. The number of nitrogens with zero attached hydrogens (tertiary/aromatic N) is 5. The van der Waals surface area contributed by atoms with Gasteiger partial charge in [-0.3, -0.25) is 9.69 Å². The second-order valence-corrected chi connectivity index (χ2v) is 6.22. The first kappa shape index (κ1) is 15.0. The molecule has 1 spiro atoms. The molecule has 2 aliphatic rings. The van der Waals surface area contributed by atoms with Crippen LogP contribution in [-0.4, -0.2) is 71.0 Å². The quantitative estimate of drug-likeness (QED) is 0.769. The molecule has 6 heteroatoms. The lowest BCUT2D eigenvalue weighted by Gasteiger charge is -2.46. The molecule has 0 aliphatic carbocycles. The molecule has 0 saturated carbocycles. The van der Waals surface area contributed by atoms with Gasteiger partial charge in [-0.15, -0.1) is 6.58 Å². The van der Waals surface area contributed by atoms with E-state index in [1.807, 2.05) is 37.3 Å². The number of aromatic nitrogens is 2. The topological polar surface area (TPSA) is 52.6 Å². The predicted octanol–water partition coefficient (Wildman–Crippen LogP) is 0.694. The first-order valence-corrected chi connectivity index (χ1v) is 7.72. The van der Waals surface area contributed by atoms with Gasteiger partial charge in [0.15, 0.2) is 0 Å². The van der Waals surface area contributed by atoms with Crippen molar-refractivity contribution in [3.63, 3.8) is 0 Å². The van der Waals surface area contributed by atoms with Crippen LogP contribution in [0, 0.1) is 6.92 Å². The number of aryl methyl sites for hydroxylation is 1. The van der Waals surface area contributed by atoms with Crippen LogP contribution in [0.5, 0.6) is 0 Å². The van der Waals surface area contributed by atoms with Gasteiger partial charge in [0.05, 0.1) is 0 Å². The summed E-state index contributed by atoms with van der Waals surface area (Å²) in [6.07, 6.45) is 6.33. The monoisotopic (exact) mass is 301 g/mol. The number of rotatable bonds is 3. The molecule has 0 radical (unpaired) electrons. The standard InChI is InChI=1S/C16H23N5O/c1-4-6-21-9-8-19(3)14(22)16(21)5-7-20(12-16)15-17-10-13(2)11-18-15/h4,10-11H,1,5-9,12H2,2-3H3. The van der Waals surface area contributed by atoms with Crippen molar-refractivity contribution in [2.24, 2.45) is 0 Å². The largest absolute Gasteiger partial charge is 0.343 e. The second-order valence-electron chi connectivity index (χ2n) is 6.22. The van der Waals surface area contributed by atoms with Gasteiger partial charge in [0.2, 0.25) is 11.9 Å². The van der Waals surface area contributed by atoms with Gasteiger partial charge in [-0.25, -0.2) is 9.97 Å². The molecule has 6 nitrogen and oxygen atoms in total. The van der Waals surface area contributed by atoms with Crippen LogP contribution in [0.3, 0.4) is 0 Å². The van der Waals surface area contributed by atoms with Crippen molar-refractivity contribution in [3.05, 3.63) is 30.6 Å². The average Bonchev–Trinajstić information content (AvgIpc) is 2.95. The third-order valence-electron chi connectivity index (χ3n) is 4.70. The lowest BCUT2D eigenvalue weighted by Crippen LogP contribution is -2.66. The number of hydrogen-bond acceptors (Lipinski definition) is 5. The van der Waals surface area contributed by atoms with Crippen molar-refractivity contribution in [1.82, 2.24) is 19.8 Å². The summed E-state index contributed by atoms with van der Waals surface area (Å²) >= 11 is 0. The first-order valence-electron chi connectivity index (χ1n) is 7.72. The minimum atomic E-state index is -0.463. The smallest absolute Gasteiger partial charge is 0.244 e. The molecule has 2 saturated heterocycles. The first-order chi connectivity index (χ1) is 10.6. The molecular formula is C16H23N5O. The Morgan fingerprint density at radius 2 is 2.05 bits per heavy atom. The zero-order valence-corrected chi connectivity index (χ0v) is 13.3. The summed E-state index contributed by atoms with van der Waals surface area (Å²) in [6.45, 7) is 9.65. The summed E-state index contributed by atoms with van der Waals surface area (Å²) in [5.74, 6) is 0.914. The van der Waals surface area contributed by atoms with Crippen molar-refractivity contribution < 1.29 is 4.79 Å². The van der Waals surface area contributed by atoms with E-state index in [0.717, 1.165) is 38.2 Å². The van der Waals surface area contributed by atoms with Gasteiger partial charge in [0, 0.05) is 52.2 Å². The third-order valence-corrected chi connectivity index (χ3v) is 4.70. The van der Waals surface area contributed by atoms with Crippen molar-refractivity contribution in [1.29, 1.82) is 0 Å². The fourth-order valence-electron chi connectivity index (χ4n) is 3.44. The Balaban J connectivity index is 1.86. The number of likely N-dealkylation sites (N-methyl/N-ethyl adjacent to an activating group) is 1. The zero-order valence-electron chi connectivity index (χ0n) is 13.3. The second kappa shape index (κ2) is 5.68. The molecule has 1 unspecified atom stereocenters. The van der Waals surface area contributed by atoms with Gasteiger partial charge in [0.25, 0.3) is 0 Å². The summed E-state index contributed by atoms with van der Waals surface area (Å²) in [4.78, 5) is 27.9. The molecule has 1 aromatic heterocycles. The normalized spacial score (nSPS) is 26.0. The highest BCUT2D eigenvalue weighted by atomic mass is 16.2. The van der Waals surface area contributed by atoms with Gasteiger partial charge in [-0.05, 0) is 18.9 Å². The molecule has 118 valence electrons. The molecule has 2 aliphatic heterocycles. The molecule has 0 aromatic carbocycles. The van der Waals surface area contributed by atoms with Crippen LogP contribution in [0.1, 0.15) is 12.0 Å². The van der Waals surface area contributed by atoms with E-state index < -0.39 is 5.54 Å². The molecule has 3 rings (SSSR count). The van der Waals surface area contributed by atoms with Crippen LogP contribution < -0.4 is 4.90 Å². The summed E-state index contributed by atoms with van der Waals surface area (Å²) in [6, 6.07) is 0. The number of carbonyl (C=O) groups is 1. The minimum Gasteiger partial charge on any atom is -0.343 e. The Labute approximate surface area is 131 Å². The Kier molecular flexibility index (Phi) is 3.87. The van der Waals surface area contributed by atoms with E-state index in [0.29, 0.717) is 12.5 Å². The van der Waals surface area contributed by atoms with E-state index >= 15 is 0 Å². The lowest BCUT2D eigenvalue weighted by atomic mass is 9.91. The lowest BCUT2D eigenvalue weighted by molar-refractivity contribution is -0.147. The molecule has 3 heterocycles. The predicted molar refractivity (Wildman–Crippen MR) is 85.7 cm³/mol. The summed E-state index contributed by atoms with van der Waals surface area (Å²) in [7, 11) is 1.89. The van der Waals surface area contributed by atoms with Gasteiger partial charge < -0.3 is 9.80 Å². The minimum absolute atomic E-state index is 0.204. The molecule has 0 bridgehead atoms. The van der Waals surface area contributed by atoms with E-state index in [1.54, 1.807) is 0 Å². The van der Waals surface area contributed by atoms with E-state index in [2.05, 4.69) is 26.3 Å². The van der Waals surface area contributed by atoms with Gasteiger partial charge in [-0.1, -0.05) is 6.08 Å². The highest BCUT2D eigenvalue weighted by molar-refractivity contribution is 5.88. The van der Waals surface area contributed by atoms with E-state index in [9.17, 15) is 4.79 Å². The summed E-state index contributed by atoms with van der Waals surface area (Å²) in [5.41, 5.74) is 0.578. The Morgan fingerprint density at radius 1 is 1.32 bits per heavy atom. The number of piperazine rings is 1. The Hall–Kier alpha value is -1.95. The Morgan fingerprint density at radius 3 is 2.73 bits per heavy atom. The maximum Gasteiger partial charge on any atom is 0.244 e. The van der Waals surface area contributed by atoms with Crippen LogP contribution in [0.2, 0.25) is 0 Å². The number of hydrogen-bond donors (Lipinski definition) is 0. The van der Waals surface area contributed by atoms with Crippen molar-refractivity contribution in [2.45, 2.75) is 18.9 Å². The van der Waals surface area contributed by atoms with E-state index in [-0.39, 0.29) is 5.91 Å². The highest BCUT2D eigenvalue weighted by Gasteiger charge is 2.52. The molecule has 1 amide bonds. The summed E-state index contributed by atoms with van der Waals surface area (Å²) < 4.78 is 0. The van der Waals surface area contributed by atoms with Crippen molar-refractivity contribution in [2.75, 3.05) is 44.7 Å². The van der Waals surface area contributed by atoms with Crippen LogP contribution in [0.15, 0.2) is 25.0 Å². The number of anilines is 1. The highest BCUT2D eigenvalue weighted by Crippen LogP contribution is 2.33. The third kappa shape index (κ3) is 2.37. The molecule has 1 aromatic rings. The van der Waals surface area contributed by atoms with Crippen LogP contribution >= 0.6 is 0 Å². The van der Waals surface area contributed by atoms with Crippen LogP contribution in [-0.2, 0) is 4.79 Å². The Bertz CT molecular complexity index is 572. The fourth-order valence-corrected chi connectivity index (χ4v) is 3.44. The molecule has 2 fully saturated rings.